The van der Waals surface area contributed by atoms with Gasteiger partial charge in [0.05, 0.1) is 37.1 Å². The molecule has 0 unspecified atom stereocenters. The van der Waals surface area contributed by atoms with E-state index in [2.05, 4.69) is 18.5 Å². The lowest BCUT2D eigenvalue weighted by Gasteiger charge is -2.41. The van der Waals surface area contributed by atoms with Gasteiger partial charge in [0, 0.05) is 19.0 Å². The standard InChI is InChI=1S/C30H47N3O7/c1-8-11-12-23(35)31-16-20(7)39-29(38)24-22-13-14-30(40-22)25(24)27(36)33(21(17-34)19(6)10-3)26(30)28(37)32(15-9-2)18(4)5/h8-9,18-22,24-26,34H,1-2,10-17H2,3-7H3,(H,31,35)/t19-,20+,21-,22+,24-,25-,26+,30-/m0/s1. The van der Waals surface area contributed by atoms with Gasteiger partial charge >= 0.3 is 5.97 Å². The van der Waals surface area contributed by atoms with Gasteiger partial charge in [0.1, 0.15) is 17.7 Å². The lowest BCUT2D eigenvalue weighted by molar-refractivity contribution is -0.160. The molecule has 0 aromatic rings. The minimum Gasteiger partial charge on any atom is -0.460 e. The summed E-state index contributed by atoms with van der Waals surface area (Å²) < 4.78 is 12.2. The van der Waals surface area contributed by atoms with Gasteiger partial charge in [-0.1, -0.05) is 32.4 Å². The highest BCUT2D eigenvalue weighted by atomic mass is 16.6. The zero-order valence-electron chi connectivity index (χ0n) is 24.6. The molecule has 3 fully saturated rings. The van der Waals surface area contributed by atoms with E-state index < -0.39 is 47.7 Å². The highest BCUT2D eigenvalue weighted by Gasteiger charge is 2.75. The normalized spacial score (nSPS) is 29.1. The molecule has 3 saturated heterocycles. The summed E-state index contributed by atoms with van der Waals surface area (Å²) in [4.78, 5) is 57.2. The Labute approximate surface area is 238 Å². The van der Waals surface area contributed by atoms with E-state index in [-0.39, 0.29) is 42.8 Å². The van der Waals surface area contributed by atoms with E-state index >= 15 is 0 Å². The van der Waals surface area contributed by atoms with Crippen LogP contribution in [-0.2, 0) is 28.7 Å². The molecule has 0 saturated carbocycles. The molecular formula is C30H47N3O7. The smallest absolute Gasteiger partial charge is 0.312 e. The van der Waals surface area contributed by atoms with Gasteiger partial charge in [-0.2, -0.15) is 0 Å². The number of esters is 1. The fourth-order valence-corrected chi connectivity index (χ4v) is 6.56. The Balaban J connectivity index is 1.92. The zero-order chi connectivity index (χ0) is 29.8. The van der Waals surface area contributed by atoms with Crippen LogP contribution < -0.4 is 5.32 Å². The molecule has 0 radical (unpaired) electrons. The van der Waals surface area contributed by atoms with Crippen molar-refractivity contribution in [2.24, 2.45) is 17.8 Å². The van der Waals surface area contributed by atoms with Gasteiger partial charge in [-0.3, -0.25) is 19.2 Å². The van der Waals surface area contributed by atoms with Crippen molar-refractivity contribution < 1.29 is 33.8 Å². The van der Waals surface area contributed by atoms with Crippen LogP contribution in [0.2, 0.25) is 0 Å². The first kappa shape index (κ1) is 31.8. The summed E-state index contributed by atoms with van der Waals surface area (Å²) in [6, 6.07) is -1.73. The number of hydrogen-bond donors (Lipinski definition) is 2. The molecule has 3 aliphatic heterocycles. The monoisotopic (exact) mass is 561 g/mol. The summed E-state index contributed by atoms with van der Waals surface area (Å²) in [5, 5.41) is 13.2. The Morgan fingerprint density at radius 1 is 1.25 bits per heavy atom. The predicted octanol–water partition coefficient (Wildman–Crippen LogP) is 2.21. The van der Waals surface area contributed by atoms with E-state index in [0.29, 0.717) is 38.6 Å². The number of nitrogens with zero attached hydrogens (tertiary/aromatic N) is 2. The SMILES string of the molecule is C=CCCC(=O)NC[C@@H](C)OC(=O)[C@@H]1[C@H]2C(=O)N([C@@H](CO)[C@@H](C)CC)[C@H](C(=O)N(CC=C)C(C)C)[C@]23CC[C@H]1O3. The highest BCUT2D eigenvalue weighted by molar-refractivity contribution is 5.98. The molecule has 3 heterocycles. The maximum atomic E-state index is 14.2. The second-order valence-corrected chi connectivity index (χ2v) is 11.7. The highest BCUT2D eigenvalue weighted by Crippen LogP contribution is 2.59. The molecular weight excluding hydrogens is 514 g/mol. The van der Waals surface area contributed by atoms with Crippen LogP contribution in [0.15, 0.2) is 25.3 Å². The molecule has 3 rings (SSSR count). The summed E-state index contributed by atoms with van der Waals surface area (Å²) in [6.45, 7) is 16.9. The number of likely N-dealkylation sites (tertiary alicyclic amines) is 1. The number of amides is 3. The quantitative estimate of drug-likeness (QED) is 0.232. The molecule has 2 bridgehead atoms. The van der Waals surface area contributed by atoms with Gasteiger partial charge in [0.15, 0.2) is 0 Å². The van der Waals surface area contributed by atoms with Crippen molar-refractivity contribution in [3.8, 4) is 0 Å². The van der Waals surface area contributed by atoms with Crippen molar-refractivity contribution in [1.29, 1.82) is 0 Å². The third-order valence-electron chi connectivity index (χ3n) is 8.80. The fraction of sp³-hybridized carbons (Fsp3) is 0.733. The van der Waals surface area contributed by atoms with E-state index in [1.807, 2.05) is 27.7 Å². The summed E-state index contributed by atoms with van der Waals surface area (Å²) in [5.41, 5.74) is -1.18. The number of aliphatic hydroxyl groups is 1. The molecule has 0 aromatic heterocycles. The van der Waals surface area contributed by atoms with Gasteiger partial charge in [-0.15, -0.1) is 13.2 Å². The van der Waals surface area contributed by atoms with Crippen molar-refractivity contribution >= 4 is 23.7 Å². The zero-order valence-corrected chi connectivity index (χ0v) is 24.6. The van der Waals surface area contributed by atoms with E-state index in [9.17, 15) is 24.3 Å². The molecule has 10 nitrogen and oxygen atoms in total. The number of fused-ring (bicyclic) bond motifs is 1. The van der Waals surface area contributed by atoms with Crippen LogP contribution in [0.4, 0.5) is 0 Å². The number of carbonyl (C=O) groups is 4. The maximum absolute atomic E-state index is 14.2. The Morgan fingerprint density at radius 3 is 2.52 bits per heavy atom. The third-order valence-corrected chi connectivity index (χ3v) is 8.80. The van der Waals surface area contributed by atoms with Crippen molar-refractivity contribution in [3.05, 3.63) is 25.3 Å². The fourth-order valence-electron chi connectivity index (χ4n) is 6.56. The van der Waals surface area contributed by atoms with Gasteiger partial charge in [0.25, 0.3) is 0 Å². The molecule has 224 valence electrons. The summed E-state index contributed by atoms with van der Waals surface area (Å²) in [6.07, 6.45) is 4.67. The van der Waals surface area contributed by atoms with Gasteiger partial charge in [-0.25, -0.2) is 0 Å². The molecule has 40 heavy (non-hydrogen) atoms. The van der Waals surface area contributed by atoms with Crippen molar-refractivity contribution in [1.82, 2.24) is 15.1 Å². The first-order valence-electron chi connectivity index (χ1n) is 14.6. The number of allylic oxidation sites excluding steroid dienone is 1. The number of ether oxygens (including phenoxy) is 2. The number of nitrogens with one attached hydrogen (secondary N) is 1. The molecule has 8 atom stereocenters. The van der Waals surface area contributed by atoms with E-state index in [4.69, 9.17) is 9.47 Å². The molecule has 0 aliphatic carbocycles. The number of carbonyl (C=O) groups excluding carboxylic acids is 4. The number of rotatable bonds is 15. The minimum absolute atomic E-state index is 0.0845. The second kappa shape index (κ2) is 13.3. The lowest BCUT2D eigenvalue weighted by Crippen LogP contribution is -2.60. The van der Waals surface area contributed by atoms with E-state index in [1.165, 1.54) is 4.90 Å². The minimum atomic E-state index is -1.18. The first-order valence-corrected chi connectivity index (χ1v) is 14.6. The van der Waals surface area contributed by atoms with Crippen molar-refractivity contribution in [2.45, 2.75) is 103 Å². The van der Waals surface area contributed by atoms with Crippen LogP contribution in [0.1, 0.15) is 66.7 Å². The van der Waals surface area contributed by atoms with E-state index in [1.54, 1.807) is 24.0 Å². The van der Waals surface area contributed by atoms with Crippen LogP contribution in [0.3, 0.4) is 0 Å². The number of aliphatic hydroxyl groups excluding tert-OH is 1. The Bertz CT molecular complexity index is 984. The average Bonchev–Trinajstić information content (AvgIpc) is 3.56. The van der Waals surface area contributed by atoms with Crippen LogP contribution in [0.5, 0.6) is 0 Å². The second-order valence-electron chi connectivity index (χ2n) is 11.7. The van der Waals surface area contributed by atoms with Crippen molar-refractivity contribution in [3.63, 3.8) is 0 Å². The van der Waals surface area contributed by atoms with Crippen LogP contribution in [0, 0.1) is 17.8 Å². The average molecular weight is 562 g/mol. The topological polar surface area (TPSA) is 125 Å². The van der Waals surface area contributed by atoms with E-state index in [0.717, 1.165) is 0 Å². The summed E-state index contributed by atoms with van der Waals surface area (Å²) >= 11 is 0. The maximum Gasteiger partial charge on any atom is 0.312 e. The van der Waals surface area contributed by atoms with Crippen LogP contribution in [-0.4, -0.2) is 94.2 Å². The Kier molecular flexibility index (Phi) is 10.6. The van der Waals surface area contributed by atoms with Crippen LogP contribution in [0.25, 0.3) is 0 Å². The Hall–Kier alpha value is -2.72. The largest absolute Gasteiger partial charge is 0.460 e. The number of hydrogen-bond acceptors (Lipinski definition) is 7. The molecule has 2 N–H and O–H groups in total. The van der Waals surface area contributed by atoms with Crippen molar-refractivity contribution in [2.75, 3.05) is 19.7 Å². The lowest BCUT2D eigenvalue weighted by atomic mass is 9.70. The summed E-state index contributed by atoms with van der Waals surface area (Å²) in [7, 11) is 0. The third kappa shape index (κ3) is 5.84. The molecule has 3 amide bonds. The predicted molar refractivity (Wildman–Crippen MR) is 150 cm³/mol. The van der Waals surface area contributed by atoms with Gasteiger partial charge in [0.2, 0.25) is 17.7 Å². The Morgan fingerprint density at radius 2 is 1.95 bits per heavy atom. The summed E-state index contributed by atoms with van der Waals surface area (Å²) in [5.74, 6) is -3.20. The molecule has 10 heteroatoms. The first-order chi connectivity index (χ1) is 19.0. The molecule has 3 aliphatic rings. The molecule has 0 aromatic carbocycles. The van der Waals surface area contributed by atoms with Gasteiger partial charge < -0.3 is 29.7 Å². The molecule has 1 spiro atoms. The van der Waals surface area contributed by atoms with Gasteiger partial charge in [-0.05, 0) is 46.0 Å². The van der Waals surface area contributed by atoms with Crippen LogP contribution >= 0.6 is 0 Å².